The molecule has 1 aromatic rings. The van der Waals surface area contributed by atoms with Crippen LogP contribution < -0.4 is 15.2 Å². The second-order valence-corrected chi connectivity index (χ2v) is 4.48. The Morgan fingerprint density at radius 2 is 2.24 bits per heavy atom. The van der Waals surface area contributed by atoms with Crippen molar-refractivity contribution in [3.8, 4) is 17.2 Å². The van der Waals surface area contributed by atoms with Gasteiger partial charge in [-0.05, 0) is 13.3 Å². The highest BCUT2D eigenvalue weighted by Crippen LogP contribution is 2.43. The molecule has 90 valence electrons. The Hall–Kier alpha value is -1.75. The SMILES string of the molecule is CC1Oc2cc3c(c(O)c2CC1N)C(=O)CO3. The molecule has 5 heteroatoms. The van der Waals surface area contributed by atoms with Crippen LogP contribution >= 0.6 is 0 Å². The summed E-state index contributed by atoms with van der Waals surface area (Å²) in [5.41, 5.74) is 6.75. The smallest absolute Gasteiger partial charge is 0.207 e. The standard InChI is InChI=1S/C12H13NO4/c1-5-7(13)2-6-9(17-5)3-10-11(12(6)15)8(14)4-16-10/h3,5,7,15H,2,4,13H2,1H3. The second-order valence-electron chi connectivity index (χ2n) is 4.48. The van der Waals surface area contributed by atoms with E-state index >= 15 is 0 Å². The van der Waals surface area contributed by atoms with Crippen LogP contribution in [0, 0.1) is 0 Å². The first-order chi connectivity index (χ1) is 8.08. The van der Waals surface area contributed by atoms with Crippen molar-refractivity contribution >= 4 is 5.78 Å². The van der Waals surface area contributed by atoms with E-state index in [0.717, 1.165) is 0 Å². The number of carbonyl (C=O) groups excluding carboxylic acids is 1. The van der Waals surface area contributed by atoms with E-state index in [0.29, 0.717) is 23.5 Å². The normalized spacial score (nSPS) is 25.9. The summed E-state index contributed by atoms with van der Waals surface area (Å²) in [6, 6.07) is 1.49. The van der Waals surface area contributed by atoms with Crippen molar-refractivity contribution < 1.29 is 19.4 Å². The summed E-state index contributed by atoms with van der Waals surface area (Å²) in [5, 5.41) is 10.1. The number of phenolic OH excluding ortho intramolecular Hbond substituents is 1. The Kier molecular flexibility index (Phi) is 2.06. The highest BCUT2D eigenvalue weighted by atomic mass is 16.5. The number of phenols is 1. The number of hydrogen-bond donors (Lipinski definition) is 2. The molecule has 17 heavy (non-hydrogen) atoms. The summed E-state index contributed by atoms with van der Waals surface area (Å²) in [6.07, 6.45) is 0.389. The van der Waals surface area contributed by atoms with E-state index in [1.165, 1.54) is 0 Å². The zero-order chi connectivity index (χ0) is 12.2. The van der Waals surface area contributed by atoms with Crippen LogP contribution in [0.2, 0.25) is 0 Å². The summed E-state index contributed by atoms with van der Waals surface area (Å²) < 4.78 is 10.8. The Labute approximate surface area is 98.1 Å². The largest absolute Gasteiger partial charge is 0.507 e. The zero-order valence-electron chi connectivity index (χ0n) is 9.40. The Morgan fingerprint density at radius 3 is 3.00 bits per heavy atom. The van der Waals surface area contributed by atoms with Gasteiger partial charge in [0.2, 0.25) is 5.78 Å². The maximum Gasteiger partial charge on any atom is 0.207 e. The molecule has 1 aromatic carbocycles. The quantitative estimate of drug-likeness (QED) is 0.688. The minimum atomic E-state index is -0.201. The third-order valence-corrected chi connectivity index (χ3v) is 3.32. The molecule has 0 radical (unpaired) electrons. The third kappa shape index (κ3) is 1.39. The van der Waals surface area contributed by atoms with Crippen LogP contribution in [0.1, 0.15) is 22.8 Å². The van der Waals surface area contributed by atoms with Gasteiger partial charge in [-0.3, -0.25) is 4.79 Å². The van der Waals surface area contributed by atoms with Gasteiger partial charge in [-0.15, -0.1) is 0 Å². The number of ether oxygens (including phenoxy) is 2. The van der Waals surface area contributed by atoms with Gasteiger partial charge >= 0.3 is 0 Å². The first-order valence-corrected chi connectivity index (χ1v) is 5.55. The summed E-state index contributed by atoms with van der Waals surface area (Å²) in [6.45, 7) is 1.86. The number of Topliss-reactive ketones (excluding diaryl/α,β-unsaturated/α-hetero) is 1. The lowest BCUT2D eigenvalue weighted by molar-refractivity contribution is 0.0959. The van der Waals surface area contributed by atoms with Crippen LogP contribution in [0.25, 0.3) is 0 Å². The molecule has 5 nitrogen and oxygen atoms in total. The van der Waals surface area contributed by atoms with Crippen molar-refractivity contribution in [2.45, 2.75) is 25.5 Å². The van der Waals surface area contributed by atoms with Crippen molar-refractivity contribution in [1.82, 2.24) is 0 Å². The van der Waals surface area contributed by atoms with Crippen molar-refractivity contribution in [2.75, 3.05) is 6.61 Å². The minimum Gasteiger partial charge on any atom is -0.507 e. The molecule has 0 aliphatic carbocycles. The van der Waals surface area contributed by atoms with Crippen LogP contribution in [0.15, 0.2) is 6.07 Å². The van der Waals surface area contributed by atoms with E-state index in [1.54, 1.807) is 6.07 Å². The van der Waals surface area contributed by atoms with Crippen molar-refractivity contribution in [1.29, 1.82) is 0 Å². The van der Waals surface area contributed by atoms with E-state index in [2.05, 4.69) is 0 Å². The number of carbonyl (C=O) groups is 1. The molecule has 0 aromatic heterocycles. The van der Waals surface area contributed by atoms with Crippen molar-refractivity contribution in [3.63, 3.8) is 0 Å². The molecule has 0 saturated heterocycles. The molecule has 0 fully saturated rings. The molecule has 0 saturated carbocycles. The van der Waals surface area contributed by atoms with E-state index in [1.807, 2.05) is 6.92 Å². The third-order valence-electron chi connectivity index (χ3n) is 3.32. The number of ketones is 1. The molecule has 3 rings (SSSR count). The minimum absolute atomic E-state index is 0.0204. The molecule has 2 atom stereocenters. The van der Waals surface area contributed by atoms with Gasteiger partial charge in [-0.1, -0.05) is 0 Å². The Bertz CT molecular complexity index is 512. The number of fused-ring (bicyclic) bond motifs is 2. The predicted octanol–water partition coefficient (Wildman–Crippen LogP) is 0.618. The summed E-state index contributed by atoms with van der Waals surface area (Å²) in [7, 11) is 0. The average Bonchev–Trinajstić information content (AvgIpc) is 2.64. The molecule has 3 N–H and O–H groups in total. The maximum absolute atomic E-state index is 11.6. The van der Waals surface area contributed by atoms with E-state index in [-0.39, 0.29) is 35.8 Å². The summed E-state index contributed by atoms with van der Waals surface area (Å²) >= 11 is 0. The molecular formula is C12H13NO4. The predicted molar refractivity (Wildman–Crippen MR) is 59.7 cm³/mol. The maximum atomic E-state index is 11.6. The molecule has 2 aliphatic rings. The van der Waals surface area contributed by atoms with Gasteiger partial charge in [0.15, 0.2) is 6.61 Å². The van der Waals surface area contributed by atoms with Crippen LogP contribution in [0.4, 0.5) is 0 Å². The summed E-state index contributed by atoms with van der Waals surface area (Å²) in [5.74, 6) is 0.717. The van der Waals surface area contributed by atoms with Crippen LogP contribution in [-0.4, -0.2) is 29.6 Å². The number of aromatic hydroxyl groups is 1. The zero-order valence-corrected chi connectivity index (χ0v) is 9.40. The average molecular weight is 235 g/mol. The van der Waals surface area contributed by atoms with Gasteiger partial charge < -0.3 is 20.3 Å². The summed E-state index contributed by atoms with van der Waals surface area (Å²) in [4.78, 5) is 11.6. The first-order valence-electron chi connectivity index (χ1n) is 5.55. The Morgan fingerprint density at radius 1 is 1.47 bits per heavy atom. The lowest BCUT2D eigenvalue weighted by Crippen LogP contribution is -2.41. The number of benzene rings is 1. The van der Waals surface area contributed by atoms with Gasteiger partial charge in [-0.25, -0.2) is 0 Å². The van der Waals surface area contributed by atoms with Crippen LogP contribution in [0.3, 0.4) is 0 Å². The number of nitrogens with two attached hydrogens (primary N) is 1. The lowest BCUT2D eigenvalue weighted by Gasteiger charge is -2.29. The van der Waals surface area contributed by atoms with Gasteiger partial charge in [0.1, 0.15) is 28.9 Å². The van der Waals surface area contributed by atoms with E-state index in [9.17, 15) is 9.90 Å². The van der Waals surface area contributed by atoms with Gasteiger partial charge in [0.05, 0.1) is 0 Å². The molecule has 0 bridgehead atoms. The van der Waals surface area contributed by atoms with Gasteiger partial charge in [0, 0.05) is 17.7 Å². The molecular weight excluding hydrogens is 222 g/mol. The van der Waals surface area contributed by atoms with Gasteiger partial charge in [-0.2, -0.15) is 0 Å². The fourth-order valence-electron chi connectivity index (χ4n) is 2.25. The molecule has 0 amide bonds. The van der Waals surface area contributed by atoms with E-state index in [4.69, 9.17) is 15.2 Å². The second kappa shape index (κ2) is 3.37. The van der Waals surface area contributed by atoms with Gasteiger partial charge in [0.25, 0.3) is 0 Å². The number of rotatable bonds is 0. The van der Waals surface area contributed by atoms with Crippen LogP contribution in [-0.2, 0) is 6.42 Å². The molecule has 0 spiro atoms. The molecule has 2 unspecified atom stereocenters. The van der Waals surface area contributed by atoms with Crippen LogP contribution in [0.5, 0.6) is 17.2 Å². The van der Waals surface area contributed by atoms with Crippen molar-refractivity contribution in [2.24, 2.45) is 5.73 Å². The first kappa shape index (κ1) is 10.4. The fraction of sp³-hybridized carbons (Fsp3) is 0.417. The topological polar surface area (TPSA) is 81.8 Å². The molecule has 2 aliphatic heterocycles. The van der Waals surface area contributed by atoms with Crippen molar-refractivity contribution in [3.05, 3.63) is 17.2 Å². The number of hydrogen-bond acceptors (Lipinski definition) is 5. The van der Waals surface area contributed by atoms with E-state index < -0.39 is 0 Å². The highest BCUT2D eigenvalue weighted by molar-refractivity contribution is 6.05. The fourth-order valence-corrected chi connectivity index (χ4v) is 2.25. The molecule has 2 heterocycles. The highest BCUT2D eigenvalue weighted by Gasteiger charge is 2.33. The monoisotopic (exact) mass is 235 g/mol. The Balaban J connectivity index is 2.17. The lowest BCUT2D eigenvalue weighted by atomic mass is 9.94.